The lowest BCUT2D eigenvalue weighted by Crippen LogP contribution is -2.49. The smallest absolute Gasteiger partial charge is 0.123 e. The van der Waals surface area contributed by atoms with Gasteiger partial charge in [-0.3, -0.25) is 4.90 Å². The van der Waals surface area contributed by atoms with Gasteiger partial charge in [0.25, 0.3) is 0 Å². The van der Waals surface area contributed by atoms with Crippen molar-refractivity contribution in [3.05, 3.63) is 29.8 Å². The molecule has 1 aromatic rings. The van der Waals surface area contributed by atoms with Crippen molar-refractivity contribution in [2.45, 2.75) is 25.9 Å². The molecule has 1 saturated heterocycles. The van der Waals surface area contributed by atoms with E-state index in [-0.39, 0.29) is 6.61 Å². The summed E-state index contributed by atoms with van der Waals surface area (Å²) in [7, 11) is 4.21. The number of likely N-dealkylation sites (tertiary alicyclic amines) is 1. The predicted molar refractivity (Wildman–Crippen MR) is 85.6 cm³/mol. The molecule has 0 bridgehead atoms. The Kier molecular flexibility index (Phi) is 6.03. The topological polar surface area (TPSA) is 35.9 Å². The number of ether oxygens (including phenoxy) is 1. The average Bonchev–Trinajstić information content (AvgIpc) is 2.49. The first-order valence-electron chi connectivity index (χ1n) is 7.86. The van der Waals surface area contributed by atoms with E-state index in [1.807, 2.05) is 19.1 Å². The van der Waals surface area contributed by atoms with Gasteiger partial charge in [0.05, 0.1) is 6.61 Å². The normalized spacial score (nSPS) is 23.5. The monoisotopic (exact) mass is 292 g/mol. The van der Waals surface area contributed by atoms with E-state index in [9.17, 15) is 5.11 Å². The first-order valence-corrected chi connectivity index (χ1v) is 7.86. The van der Waals surface area contributed by atoms with Crippen LogP contribution >= 0.6 is 0 Å². The predicted octanol–water partition coefficient (Wildman–Crippen LogP) is 1.83. The number of piperidine rings is 1. The van der Waals surface area contributed by atoms with Crippen LogP contribution in [-0.4, -0.2) is 61.3 Å². The first kappa shape index (κ1) is 16.3. The number of nitrogens with zero attached hydrogens (tertiary/aromatic N) is 2. The molecule has 1 N–H and O–H groups in total. The van der Waals surface area contributed by atoms with Gasteiger partial charge in [-0.1, -0.05) is 18.2 Å². The standard InChI is InChI=1S/C17H28N2O2/c1-4-21-17-8-6-5-7-14(17)11-19-10-9-16(18(2)3)15(12-19)13-20/h5-8,15-16,20H,4,9-13H2,1-3H3/t15-,16-/m1/s1. The van der Waals surface area contributed by atoms with Gasteiger partial charge in [-0.2, -0.15) is 0 Å². The molecule has 0 unspecified atom stereocenters. The highest BCUT2D eigenvalue weighted by Gasteiger charge is 2.30. The Morgan fingerprint density at radius 2 is 2.10 bits per heavy atom. The fourth-order valence-corrected chi connectivity index (χ4v) is 3.27. The SMILES string of the molecule is CCOc1ccccc1CN1CC[C@@H](N(C)C)[C@@H](CO)C1. The van der Waals surface area contributed by atoms with Gasteiger partial charge in [0.15, 0.2) is 0 Å². The van der Waals surface area contributed by atoms with Crippen molar-refractivity contribution in [2.75, 3.05) is 40.4 Å². The van der Waals surface area contributed by atoms with Crippen LogP contribution in [0.15, 0.2) is 24.3 Å². The summed E-state index contributed by atoms with van der Waals surface area (Å²) in [6.45, 7) is 5.87. The van der Waals surface area contributed by atoms with Crippen LogP contribution in [-0.2, 0) is 6.54 Å². The molecular weight excluding hydrogens is 264 g/mol. The van der Waals surface area contributed by atoms with Crippen molar-refractivity contribution in [2.24, 2.45) is 5.92 Å². The summed E-state index contributed by atoms with van der Waals surface area (Å²) in [6, 6.07) is 8.73. The van der Waals surface area contributed by atoms with Gasteiger partial charge >= 0.3 is 0 Å². The minimum Gasteiger partial charge on any atom is -0.494 e. The Morgan fingerprint density at radius 1 is 1.33 bits per heavy atom. The van der Waals surface area contributed by atoms with Gasteiger partial charge < -0.3 is 14.7 Å². The van der Waals surface area contributed by atoms with Crippen molar-refractivity contribution >= 4 is 0 Å². The van der Waals surface area contributed by atoms with E-state index in [2.05, 4.69) is 36.0 Å². The third kappa shape index (κ3) is 4.19. The van der Waals surface area contributed by atoms with Crippen molar-refractivity contribution in [3.63, 3.8) is 0 Å². The largest absolute Gasteiger partial charge is 0.494 e. The molecule has 0 aromatic heterocycles. The van der Waals surface area contributed by atoms with E-state index in [1.54, 1.807) is 0 Å². The Bertz CT molecular complexity index is 437. The molecule has 4 heteroatoms. The van der Waals surface area contributed by atoms with Gasteiger partial charge in [0.1, 0.15) is 5.75 Å². The average molecular weight is 292 g/mol. The number of rotatable bonds is 6. The fourth-order valence-electron chi connectivity index (χ4n) is 3.27. The molecule has 1 aliphatic rings. The molecule has 0 aliphatic carbocycles. The number of para-hydroxylation sites is 1. The molecule has 0 radical (unpaired) electrons. The zero-order valence-corrected chi connectivity index (χ0v) is 13.5. The van der Waals surface area contributed by atoms with Crippen LogP contribution in [0.25, 0.3) is 0 Å². The minimum atomic E-state index is 0.256. The molecule has 4 nitrogen and oxygen atoms in total. The second-order valence-corrected chi connectivity index (χ2v) is 6.04. The molecule has 1 heterocycles. The van der Waals surface area contributed by atoms with Crippen molar-refractivity contribution in [1.29, 1.82) is 0 Å². The van der Waals surface area contributed by atoms with Crippen LogP contribution in [0.1, 0.15) is 18.9 Å². The summed E-state index contributed by atoms with van der Waals surface area (Å²) < 4.78 is 5.71. The Balaban J connectivity index is 2.01. The summed E-state index contributed by atoms with van der Waals surface area (Å²) in [4.78, 5) is 4.67. The number of hydrogen-bond donors (Lipinski definition) is 1. The van der Waals surface area contributed by atoms with Crippen LogP contribution in [0.3, 0.4) is 0 Å². The zero-order chi connectivity index (χ0) is 15.2. The lowest BCUT2D eigenvalue weighted by molar-refractivity contribution is 0.0451. The Morgan fingerprint density at radius 3 is 2.76 bits per heavy atom. The van der Waals surface area contributed by atoms with Crippen molar-refractivity contribution in [3.8, 4) is 5.75 Å². The van der Waals surface area contributed by atoms with Crippen molar-refractivity contribution in [1.82, 2.24) is 9.80 Å². The van der Waals surface area contributed by atoms with Crippen LogP contribution in [0.5, 0.6) is 5.75 Å². The summed E-state index contributed by atoms with van der Waals surface area (Å²) in [5, 5.41) is 9.65. The lowest BCUT2D eigenvalue weighted by atomic mass is 9.91. The Hall–Kier alpha value is -1.10. The third-order valence-corrected chi connectivity index (χ3v) is 4.34. The van der Waals surface area contributed by atoms with Gasteiger partial charge in [0.2, 0.25) is 0 Å². The van der Waals surface area contributed by atoms with Gasteiger partial charge in [-0.25, -0.2) is 0 Å². The van der Waals surface area contributed by atoms with Crippen LogP contribution < -0.4 is 4.74 Å². The summed E-state index contributed by atoms with van der Waals surface area (Å²) in [5.41, 5.74) is 1.24. The highest BCUT2D eigenvalue weighted by Crippen LogP contribution is 2.25. The second-order valence-electron chi connectivity index (χ2n) is 6.04. The maximum Gasteiger partial charge on any atom is 0.123 e. The maximum atomic E-state index is 9.65. The highest BCUT2D eigenvalue weighted by atomic mass is 16.5. The molecule has 2 atom stereocenters. The van der Waals surface area contributed by atoms with Crippen LogP contribution in [0.4, 0.5) is 0 Å². The third-order valence-electron chi connectivity index (χ3n) is 4.34. The van der Waals surface area contributed by atoms with E-state index >= 15 is 0 Å². The number of benzene rings is 1. The maximum absolute atomic E-state index is 9.65. The summed E-state index contributed by atoms with van der Waals surface area (Å²) in [6.07, 6.45) is 1.11. The molecule has 0 spiro atoms. The molecule has 1 aliphatic heterocycles. The summed E-state index contributed by atoms with van der Waals surface area (Å²) in [5.74, 6) is 1.31. The van der Waals surface area contributed by atoms with Gasteiger partial charge in [0, 0.05) is 43.8 Å². The highest BCUT2D eigenvalue weighted by molar-refractivity contribution is 5.33. The van der Waals surface area contributed by atoms with E-state index in [1.165, 1.54) is 5.56 Å². The first-order chi connectivity index (χ1) is 10.2. The zero-order valence-electron chi connectivity index (χ0n) is 13.5. The van der Waals surface area contributed by atoms with Crippen LogP contribution in [0, 0.1) is 5.92 Å². The number of hydrogen-bond acceptors (Lipinski definition) is 4. The molecule has 118 valence electrons. The molecule has 21 heavy (non-hydrogen) atoms. The van der Waals surface area contributed by atoms with Gasteiger partial charge in [-0.15, -0.1) is 0 Å². The lowest BCUT2D eigenvalue weighted by Gasteiger charge is -2.41. The molecular formula is C17H28N2O2. The molecule has 2 rings (SSSR count). The van der Waals surface area contributed by atoms with Gasteiger partial charge in [-0.05, 0) is 33.5 Å². The number of aliphatic hydroxyl groups excluding tert-OH is 1. The van der Waals surface area contributed by atoms with Crippen molar-refractivity contribution < 1.29 is 9.84 Å². The van der Waals surface area contributed by atoms with E-state index < -0.39 is 0 Å². The van der Waals surface area contributed by atoms with Crippen LogP contribution in [0.2, 0.25) is 0 Å². The molecule has 1 fully saturated rings. The fraction of sp³-hybridized carbons (Fsp3) is 0.647. The Labute approximate surface area is 128 Å². The second kappa shape index (κ2) is 7.78. The molecule has 0 amide bonds. The van der Waals surface area contributed by atoms with E-state index in [0.29, 0.717) is 18.6 Å². The molecule has 1 aromatic carbocycles. The summed E-state index contributed by atoms with van der Waals surface area (Å²) >= 11 is 0. The van der Waals surface area contributed by atoms with E-state index in [4.69, 9.17) is 4.74 Å². The van der Waals surface area contributed by atoms with E-state index in [0.717, 1.165) is 31.8 Å². The molecule has 0 saturated carbocycles. The minimum absolute atomic E-state index is 0.256. The quantitative estimate of drug-likeness (QED) is 0.868. The number of aliphatic hydroxyl groups is 1.